The monoisotopic (exact) mass is 266 g/mol. The van der Waals surface area contributed by atoms with Gasteiger partial charge in [0.1, 0.15) is 6.54 Å². The highest BCUT2D eigenvalue weighted by Crippen LogP contribution is 2.24. The summed E-state index contributed by atoms with van der Waals surface area (Å²) in [5.74, 6) is 0. The average molecular weight is 266 g/mol. The van der Waals surface area contributed by atoms with E-state index in [4.69, 9.17) is 4.55 Å². The van der Waals surface area contributed by atoms with Crippen LogP contribution in [0.25, 0.3) is 0 Å². The third kappa shape index (κ3) is 7.99. The first kappa shape index (κ1) is 15.8. The summed E-state index contributed by atoms with van der Waals surface area (Å²) in [6.45, 7) is 0.0822. The zero-order valence-corrected chi connectivity index (χ0v) is 9.97. The van der Waals surface area contributed by atoms with E-state index in [9.17, 15) is 17.4 Å². The highest BCUT2D eigenvalue weighted by molar-refractivity contribution is 7.74. The van der Waals surface area contributed by atoms with Crippen LogP contribution in [0.4, 0.5) is 13.2 Å². The lowest BCUT2D eigenvalue weighted by molar-refractivity contribution is -0.871. The molecule has 0 amide bonds. The van der Waals surface area contributed by atoms with Crippen LogP contribution in [-0.2, 0) is 20.3 Å². The molecule has 0 saturated heterocycles. The van der Waals surface area contributed by atoms with E-state index < -0.39 is 23.8 Å². The largest absolute Gasteiger partial charge is 0.441 e. The molecule has 0 heterocycles. The van der Waals surface area contributed by atoms with Crippen LogP contribution in [0.1, 0.15) is 0 Å². The van der Waals surface area contributed by atoms with E-state index in [-0.39, 0.29) is 6.61 Å². The molecule has 0 spiro atoms. The van der Waals surface area contributed by atoms with Gasteiger partial charge in [-0.3, -0.25) is 4.55 Å². The summed E-state index contributed by atoms with van der Waals surface area (Å²) >= 11 is -3.02. The Kier molecular flexibility index (Phi) is 5.84. The molecule has 0 saturated carbocycles. The van der Waals surface area contributed by atoms with E-state index in [0.717, 1.165) is 0 Å². The first-order valence-electron chi connectivity index (χ1n) is 4.29. The first-order valence-corrected chi connectivity index (χ1v) is 5.32. The Morgan fingerprint density at radius 3 is 2.19 bits per heavy atom. The second-order valence-corrected chi connectivity index (χ2v) is 4.70. The second kappa shape index (κ2) is 5.92. The lowest BCUT2D eigenvalue weighted by Crippen LogP contribution is -2.41. The van der Waals surface area contributed by atoms with Gasteiger partial charge in [-0.1, -0.05) is 0 Å². The summed E-state index contributed by atoms with van der Waals surface area (Å²) in [4.78, 5) is 0. The topological polar surface area (TPSA) is 55.8 Å². The number of hydrogen-bond acceptors (Lipinski definition) is 3. The quantitative estimate of drug-likeness (QED) is 0.438. The number of nitrogens with zero attached hydrogens (tertiary/aromatic N) is 1. The smallest absolute Gasteiger partial charge is 0.338 e. The zero-order valence-electron chi connectivity index (χ0n) is 9.15. The molecule has 0 aromatic carbocycles. The van der Waals surface area contributed by atoms with Crippen LogP contribution in [0.2, 0.25) is 0 Å². The number of likely N-dealkylation sites (N-methyl/N-ethyl adjacent to an activating group) is 1. The van der Waals surface area contributed by atoms with Gasteiger partial charge in [0.25, 0.3) is 6.29 Å². The van der Waals surface area contributed by atoms with E-state index in [2.05, 4.69) is 8.92 Å². The predicted octanol–water partition coefficient (Wildman–Crippen LogP) is 0.751. The van der Waals surface area contributed by atoms with Crippen molar-refractivity contribution >= 4 is 11.4 Å². The van der Waals surface area contributed by atoms with Gasteiger partial charge in [-0.25, -0.2) is 4.18 Å². The molecule has 0 aliphatic heterocycles. The molecule has 0 aromatic rings. The molecule has 0 aromatic heterocycles. The van der Waals surface area contributed by atoms with E-state index in [0.29, 0.717) is 11.0 Å². The molecule has 2 unspecified atom stereocenters. The lowest BCUT2D eigenvalue weighted by atomic mass is 10.5. The van der Waals surface area contributed by atoms with Crippen LogP contribution < -0.4 is 0 Å². The fraction of sp³-hybridized carbons (Fsp3) is 1.00. The number of ether oxygens (including phenoxy) is 1. The minimum Gasteiger partial charge on any atom is -0.338 e. The maximum Gasteiger partial charge on any atom is 0.441 e. The fourth-order valence-electron chi connectivity index (χ4n) is 0.685. The Morgan fingerprint density at radius 1 is 1.38 bits per heavy atom. The summed E-state index contributed by atoms with van der Waals surface area (Å²) in [6, 6.07) is 0. The molecule has 0 fully saturated rings. The SMILES string of the molecule is C[N+](C)(C)CCOC(OS(=O)O)C(F)(F)F. The van der Waals surface area contributed by atoms with Gasteiger partial charge in [-0.15, -0.1) is 0 Å². The molecule has 0 aliphatic rings. The molecule has 2 atom stereocenters. The third-order valence-corrected chi connectivity index (χ3v) is 1.81. The number of rotatable bonds is 6. The molecule has 1 N–H and O–H groups in total. The van der Waals surface area contributed by atoms with Crippen molar-refractivity contribution in [2.75, 3.05) is 34.3 Å². The average Bonchev–Trinajstić information content (AvgIpc) is 1.97. The van der Waals surface area contributed by atoms with Crippen molar-refractivity contribution in [3.63, 3.8) is 0 Å². The highest BCUT2D eigenvalue weighted by Gasteiger charge is 2.43. The van der Waals surface area contributed by atoms with Crippen molar-refractivity contribution in [3.05, 3.63) is 0 Å². The van der Waals surface area contributed by atoms with Crippen LogP contribution in [0.15, 0.2) is 0 Å². The van der Waals surface area contributed by atoms with Crippen LogP contribution in [0.5, 0.6) is 0 Å². The number of halogens is 3. The fourth-order valence-corrected chi connectivity index (χ4v) is 0.999. The van der Waals surface area contributed by atoms with Gasteiger partial charge in [0.2, 0.25) is 0 Å². The van der Waals surface area contributed by atoms with Gasteiger partial charge in [0.05, 0.1) is 27.7 Å². The molecule has 0 rings (SSSR count). The van der Waals surface area contributed by atoms with Gasteiger partial charge in [-0.05, 0) is 0 Å². The minimum atomic E-state index is -4.83. The normalized spacial score (nSPS) is 17.2. The minimum absolute atomic E-state index is 0.231. The van der Waals surface area contributed by atoms with Gasteiger partial charge < -0.3 is 9.22 Å². The molecule has 5 nitrogen and oxygen atoms in total. The maximum atomic E-state index is 12.2. The van der Waals surface area contributed by atoms with Crippen LogP contribution in [-0.4, -0.2) is 60.0 Å². The summed E-state index contributed by atoms with van der Waals surface area (Å²) in [5, 5.41) is 0. The Balaban J connectivity index is 4.19. The van der Waals surface area contributed by atoms with Crippen molar-refractivity contribution in [2.24, 2.45) is 0 Å². The van der Waals surface area contributed by atoms with Gasteiger partial charge in [0.15, 0.2) is 0 Å². The van der Waals surface area contributed by atoms with E-state index in [1.165, 1.54) is 0 Å². The predicted molar refractivity (Wildman–Crippen MR) is 50.6 cm³/mol. The Morgan fingerprint density at radius 2 is 1.88 bits per heavy atom. The maximum absolute atomic E-state index is 12.2. The van der Waals surface area contributed by atoms with Crippen molar-refractivity contribution in [1.82, 2.24) is 0 Å². The molecular weight excluding hydrogens is 251 g/mol. The van der Waals surface area contributed by atoms with E-state index in [1.54, 1.807) is 21.1 Å². The summed E-state index contributed by atoms with van der Waals surface area (Å²) in [7, 11) is 5.32. The van der Waals surface area contributed by atoms with Crippen molar-refractivity contribution < 1.29 is 35.3 Å². The van der Waals surface area contributed by atoms with E-state index in [1.807, 2.05) is 0 Å². The molecule has 0 bridgehead atoms. The van der Waals surface area contributed by atoms with Crippen molar-refractivity contribution in [1.29, 1.82) is 0 Å². The third-order valence-electron chi connectivity index (χ3n) is 1.47. The lowest BCUT2D eigenvalue weighted by Gasteiger charge is -2.25. The number of hydrogen-bond donors (Lipinski definition) is 1. The van der Waals surface area contributed by atoms with Gasteiger partial charge in [-0.2, -0.15) is 17.4 Å². The van der Waals surface area contributed by atoms with Gasteiger partial charge >= 0.3 is 17.5 Å². The number of quaternary nitrogens is 1. The van der Waals surface area contributed by atoms with Gasteiger partial charge in [0, 0.05) is 0 Å². The van der Waals surface area contributed by atoms with E-state index >= 15 is 0 Å². The zero-order chi connectivity index (χ0) is 13.0. The molecule has 0 aliphatic carbocycles. The molecule has 98 valence electrons. The highest BCUT2D eigenvalue weighted by atomic mass is 32.2. The standard InChI is InChI=1S/C7H14F3NO4S/c1-11(2,3)4-5-14-6(7(8,9)10)15-16(12)13/h6H,4-5H2,1-3H3/p+1. The van der Waals surface area contributed by atoms with Crippen molar-refractivity contribution in [2.45, 2.75) is 12.5 Å². The molecule has 0 radical (unpaired) electrons. The Bertz CT molecular complexity index is 241. The van der Waals surface area contributed by atoms with Crippen LogP contribution in [0.3, 0.4) is 0 Å². The second-order valence-electron chi connectivity index (χ2n) is 4.07. The summed E-state index contributed by atoms with van der Waals surface area (Å²) in [6.07, 6.45) is -7.51. The Labute approximate surface area is 94.2 Å². The first-order chi connectivity index (χ1) is 7.02. The molecule has 16 heavy (non-hydrogen) atoms. The summed E-state index contributed by atoms with van der Waals surface area (Å²) < 4.78 is 63.4. The Hall–Kier alpha value is -0.220. The van der Waals surface area contributed by atoms with Crippen LogP contribution in [0, 0.1) is 0 Å². The molecule has 9 heteroatoms. The summed E-state index contributed by atoms with van der Waals surface area (Å²) in [5.41, 5.74) is 0. The van der Waals surface area contributed by atoms with Crippen molar-refractivity contribution in [3.8, 4) is 0 Å². The van der Waals surface area contributed by atoms with Crippen LogP contribution >= 0.6 is 0 Å². The number of alkyl halides is 3. The molecular formula is C7H15F3NO4S+.